The molecule has 0 amide bonds. The van der Waals surface area contributed by atoms with Crippen molar-refractivity contribution in [2.24, 2.45) is 5.92 Å². The molecule has 29 heteroatoms. The molecule has 0 radical (unpaired) electrons. The van der Waals surface area contributed by atoms with Gasteiger partial charge in [0.25, 0.3) is 0 Å². The van der Waals surface area contributed by atoms with Gasteiger partial charge in [-0.05, 0) is 67.1 Å². The molecule has 1 aliphatic carbocycles. The van der Waals surface area contributed by atoms with Gasteiger partial charge < -0.3 is 105 Å². The van der Waals surface area contributed by atoms with Gasteiger partial charge in [-0.1, -0.05) is 0 Å². The van der Waals surface area contributed by atoms with Crippen molar-refractivity contribution in [2.45, 2.75) is 62.7 Å². The number of phenolic OH excluding ortho intramolecular Hbond substituents is 13. The van der Waals surface area contributed by atoms with Gasteiger partial charge in [0.2, 0.25) is 24.1 Å². The first kappa shape index (κ1) is 53.9. The average Bonchev–Trinajstić information content (AvgIpc) is 3.36. The molecule has 0 spiro atoms. The van der Waals surface area contributed by atoms with E-state index in [0.29, 0.717) is 48.5 Å². The van der Waals surface area contributed by atoms with Crippen molar-refractivity contribution in [3.8, 4) is 86.2 Å². The summed E-state index contributed by atoms with van der Waals surface area (Å²) >= 11 is 0. The number of esters is 5. The van der Waals surface area contributed by atoms with E-state index in [4.69, 9.17) is 38.2 Å². The average molecular weight is 1070 g/mol. The number of ether oxygens (including phenoxy) is 6. The van der Waals surface area contributed by atoms with E-state index >= 15 is 0 Å². The zero-order valence-electron chi connectivity index (χ0n) is 38.1. The SMILES string of the molecule is O=C(Oc1cc(C(=O)O[C@@H]2C[C@H](OC(=O)c3cc(O)c(O)c(OC(=O)c4cc(O)c(O)c(O)c4)c3)O[C@H](OOC(=O)C3CC(O)C(O)C(OC(=O)c4cc(O)c(O)c(O)c4)C3)C2)cc(O)c1O)c1cc(O)c(O)c(O)c1. The predicted octanol–water partition coefficient (Wildman–Crippen LogP) is 1.98. The highest BCUT2D eigenvalue weighted by Crippen LogP contribution is 2.42. The molecule has 2 aliphatic rings. The summed E-state index contributed by atoms with van der Waals surface area (Å²) in [6, 6.07) is 6.80. The molecule has 5 aromatic carbocycles. The highest BCUT2D eigenvalue weighted by Gasteiger charge is 2.43. The number of carbonyl (C=O) groups excluding carboxylic acids is 6. The van der Waals surface area contributed by atoms with Crippen molar-refractivity contribution in [3.63, 3.8) is 0 Å². The lowest BCUT2D eigenvalue weighted by molar-refractivity contribution is -0.390. The van der Waals surface area contributed by atoms with Gasteiger partial charge in [-0.15, -0.1) is 0 Å². The van der Waals surface area contributed by atoms with E-state index < -0.39 is 218 Å². The molecule has 402 valence electrons. The first-order valence-electron chi connectivity index (χ1n) is 21.6. The van der Waals surface area contributed by atoms with Gasteiger partial charge in [-0.2, -0.15) is 4.89 Å². The molecule has 15 N–H and O–H groups in total. The van der Waals surface area contributed by atoms with Gasteiger partial charge in [-0.25, -0.2) is 28.8 Å². The van der Waals surface area contributed by atoms with Crippen LogP contribution in [0.15, 0.2) is 60.7 Å². The lowest BCUT2D eigenvalue weighted by atomic mass is 9.83. The molecule has 1 saturated heterocycles. The molecule has 1 heterocycles. The van der Waals surface area contributed by atoms with Crippen LogP contribution in [0.3, 0.4) is 0 Å². The zero-order chi connectivity index (χ0) is 55.6. The second kappa shape index (κ2) is 21.7. The number of carbonyl (C=O) groups is 6. The molecular formula is C47H40O29. The minimum absolute atomic E-state index is 0.511. The molecule has 7 atom stereocenters. The largest absolute Gasteiger partial charge is 0.504 e. The van der Waals surface area contributed by atoms with E-state index in [1.807, 2.05) is 0 Å². The molecule has 0 bridgehead atoms. The first-order chi connectivity index (χ1) is 35.8. The Morgan fingerprint density at radius 2 is 0.763 bits per heavy atom. The summed E-state index contributed by atoms with van der Waals surface area (Å²) in [6.07, 6.45) is -12.7. The van der Waals surface area contributed by atoms with Gasteiger partial charge in [0.1, 0.15) is 18.3 Å². The topological polar surface area (TPSA) is 480 Å². The smallest absolute Gasteiger partial charge is 0.345 e. The molecule has 1 saturated carbocycles. The third-order valence-corrected chi connectivity index (χ3v) is 11.3. The number of hydrogen-bond donors (Lipinski definition) is 15. The lowest BCUT2D eigenvalue weighted by Crippen LogP contribution is -2.48. The Morgan fingerprint density at radius 1 is 0.408 bits per heavy atom. The van der Waals surface area contributed by atoms with Crippen LogP contribution in [0.4, 0.5) is 0 Å². The van der Waals surface area contributed by atoms with Crippen molar-refractivity contribution >= 4 is 35.8 Å². The van der Waals surface area contributed by atoms with Crippen LogP contribution in [0.1, 0.15) is 77.5 Å². The normalized spacial score (nSPS) is 20.1. The van der Waals surface area contributed by atoms with Crippen molar-refractivity contribution in [3.05, 3.63) is 88.5 Å². The number of hydrogen-bond acceptors (Lipinski definition) is 29. The monoisotopic (exact) mass is 1070 g/mol. The fourth-order valence-corrected chi connectivity index (χ4v) is 7.39. The molecule has 4 unspecified atom stereocenters. The summed E-state index contributed by atoms with van der Waals surface area (Å²) in [5.74, 6) is -24.2. The molecule has 76 heavy (non-hydrogen) atoms. The Bertz CT molecular complexity index is 2930. The van der Waals surface area contributed by atoms with Crippen LogP contribution in [0.25, 0.3) is 0 Å². The molecule has 29 nitrogen and oxygen atoms in total. The molecule has 2 fully saturated rings. The Hall–Kier alpha value is -9.84. The minimum atomic E-state index is -1.90. The first-order valence-corrected chi connectivity index (χ1v) is 21.6. The van der Waals surface area contributed by atoms with Gasteiger partial charge in [0.05, 0.1) is 39.8 Å². The Labute approximate surface area is 422 Å². The Morgan fingerprint density at radius 3 is 1.20 bits per heavy atom. The van der Waals surface area contributed by atoms with Crippen LogP contribution in [0.2, 0.25) is 0 Å². The van der Waals surface area contributed by atoms with E-state index in [-0.39, 0.29) is 0 Å². The van der Waals surface area contributed by atoms with Crippen LogP contribution < -0.4 is 9.47 Å². The summed E-state index contributed by atoms with van der Waals surface area (Å²) < 4.78 is 31.9. The third kappa shape index (κ3) is 11.8. The fraction of sp³-hybridized carbons (Fsp3) is 0.234. The second-order valence-electron chi connectivity index (χ2n) is 16.6. The van der Waals surface area contributed by atoms with Crippen LogP contribution in [0, 0.1) is 5.92 Å². The highest BCUT2D eigenvalue weighted by atomic mass is 17.2. The molecular weight excluding hydrogens is 1030 g/mol. The molecule has 5 aromatic rings. The zero-order valence-corrected chi connectivity index (χ0v) is 38.1. The second-order valence-corrected chi connectivity index (χ2v) is 16.6. The van der Waals surface area contributed by atoms with E-state index in [1.165, 1.54) is 0 Å². The summed E-state index contributed by atoms with van der Waals surface area (Å²) in [5.41, 5.74) is -2.99. The molecule has 1 aliphatic heterocycles. The van der Waals surface area contributed by atoms with Crippen molar-refractivity contribution < 1.29 is 144 Å². The maximum Gasteiger partial charge on any atom is 0.345 e. The van der Waals surface area contributed by atoms with Crippen LogP contribution >= 0.6 is 0 Å². The van der Waals surface area contributed by atoms with Gasteiger partial charge >= 0.3 is 35.8 Å². The lowest BCUT2D eigenvalue weighted by Gasteiger charge is -2.35. The number of rotatable bonds is 13. The fourth-order valence-electron chi connectivity index (χ4n) is 7.39. The Balaban J connectivity index is 1.09. The van der Waals surface area contributed by atoms with E-state index in [9.17, 15) is 105 Å². The molecule has 7 rings (SSSR count). The van der Waals surface area contributed by atoms with Crippen LogP contribution in [-0.2, 0) is 33.5 Å². The van der Waals surface area contributed by atoms with E-state index in [1.54, 1.807) is 0 Å². The third-order valence-electron chi connectivity index (χ3n) is 11.3. The van der Waals surface area contributed by atoms with E-state index in [0.717, 1.165) is 12.1 Å². The quantitative estimate of drug-likeness (QED) is 0.0200. The number of aliphatic hydroxyl groups is 2. The maximum atomic E-state index is 13.6. The highest BCUT2D eigenvalue weighted by molar-refractivity contribution is 5.96. The Kier molecular flexibility index (Phi) is 15.4. The van der Waals surface area contributed by atoms with Crippen molar-refractivity contribution in [2.75, 3.05) is 0 Å². The summed E-state index contributed by atoms with van der Waals surface area (Å²) in [5, 5.41) is 151. The van der Waals surface area contributed by atoms with Gasteiger partial charge in [0, 0.05) is 19.3 Å². The molecule has 0 aromatic heterocycles. The van der Waals surface area contributed by atoms with Crippen LogP contribution in [0.5, 0.6) is 86.2 Å². The number of aliphatic hydroxyl groups excluding tert-OH is 2. The number of benzene rings is 5. The predicted molar refractivity (Wildman–Crippen MR) is 237 cm³/mol. The number of aromatic hydroxyl groups is 13. The van der Waals surface area contributed by atoms with Crippen molar-refractivity contribution in [1.82, 2.24) is 0 Å². The van der Waals surface area contributed by atoms with Crippen molar-refractivity contribution in [1.29, 1.82) is 0 Å². The van der Waals surface area contributed by atoms with E-state index in [2.05, 4.69) is 0 Å². The standard InChI is InChI=1S/C47H40O29/c48-22-1-15(2-23(49)36(22)57)43(64)70-31-10-18(7-28(54)39(31)60)42(63)69-21-13-34(74-46(67)19-8-29(55)40(61)32(11-19)71-44(65)16-3-24(50)37(58)25(51)4-16)73-35(14-21)75-76-47(68)20-9-30(56)41(62)33(12-20)72-45(66)17-5-26(52)38(59)27(53)6-17/h1-8,10-11,20-21,30,33-35,41,48-62H,9,12-14H2/t20?,21-,30?,33?,34+,35-,41?/m1/s1. The van der Waals surface area contributed by atoms with Gasteiger partial charge in [-0.3, -0.25) is 4.89 Å². The van der Waals surface area contributed by atoms with Crippen LogP contribution in [-0.4, -0.2) is 149 Å². The summed E-state index contributed by atoms with van der Waals surface area (Å²) in [7, 11) is 0. The minimum Gasteiger partial charge on any atom is -0.504 e. The maximum absolute atomic E-state index is 13.6. The number of phenols is 13. The van der Waals surface area contributed by atoms with Gasteiger partial charge in [0.15, 0.2) is 74.7 Å². The summed E-state index contributed by atoms with van der Waals surface area (Å²) in [4.78, 5) is 89.3. The summed E-state index contributed by atoms with van der Waals surface area (Å²) in [6.45, 7) is 0.